The van der Waals surface area contributed by atoms with Crippen LogP contribution in [0.25, 0.3) is 117 Å². The van der Waals surface area contributed by atoms with Gasteiger partial charge in [-0.3, -0.25) is 0 Å². The molecule has 0 spiro atoms. The molecule has 63 heavy (non-hydrogen) atoms. The molecule has 0 aliphatic heterocycles. The Morgan fingerprint density at radius 1 is 0.254 bits per heavy atom. The lowest BCUT2D eigenvalue weighted by Crippen LogP contribution is -2.00. The highest BCUT2D eigenvalue weighted by atomic mass is 15.0. The molecule has 0 amide bonds. The summed E-state index contributed by atoms with van der Waals surface area (Å²) in [6.07, 6.45) is 0. The number of nitrogens with zero attached hydrogens (tertiary/aromatic N) is 5. The second-order valence-corrected chi connectivity index (χ2v) is 15.9. The average molecular weight is 804 g/mol. The molecule has 0 radical (unpaired) electrons. The van der Waals surface area contributed by atoms with Gasteiger partial charge in [0.25, 0.3) is 0 Å². The van der Waals surface area contributed by atoms with E-state index in [1.807, 2.05) is 60.7 Å². The first-order chi connectivity index (χ1) is 31.2. The lowest BCUT2D eigenvalue weighted by atomic mass is 9.96. The summed E-state index contributed by atoms with van der Waals surface area (Å²) in [5, 5.41) is 5.87. The van der Waals surface area contributed by atoms with E-state index in [2.05, 4.69) is 168 Å². The number of hydrogen-bond acceptors (Lipinski definition) is 4. The summed E-state index contributed by atoms with van der Waals surface area (Å²) in [5.74, 6) is 1.94. The molecule has 5 heteroatoms. The number of pyridine rings is 1. The molecule has 5 nitrogen and oxygen atoms in total. The van der Waals surface area contributed by atoms with Crippen molar-refractivity contribution in [2.24, 2.45) is 0 Å². The van der Waals surface area contributed by atoms with Crippen LogP contribution in [0.4, 0.5) is 0 Å². The van der Waals surface area contributed by atoms with E-state index in [-0.39, 0.29) is 0 Å². The number of hydrogen-bond donors (Lipinski definition) is 0. The molecule has 3 aromatic heterocycles. The SMILES string of the molecule is c1ccc(-c2nc(-c3ccccc3)nc(-c3ccc(-c4ccc(-c5ccc6c(c5)c5cc7c(-c8ccccc8)nc8ccccc8c7cc5n6-c5ccccc5)cc4)cc3)n2)cc1. The Balaban J connectivity index is 0.934. The van der Waals surface area contributed by atoms with Gasteiger partial charge in [-0.1, -0.05) is 182 Å². The topological polar surface area (TPSA) is 56.5 Å². The van der Waals surface area contributed by atoms with Gasteiger partial charge in [0.2, 0.25) is 0 Å². The van der Waals surface area contributed by atoms with E-state index in [1.165, 1.54) is 21.7 Å². The van der Waals surface area contributed by atoms with Crippen LogP contribution >= 0.6 is 0 Å². The van der Waals surface area contributed by atoms with Gasteiger partial charge in [-0.25, -0.2) is 19.9 Å². The van der Waals surface area contributed by atoms with Gasteiger partial charge in [0.15, 0.2) is 17.5 Å². The van der Waals surface area contributed by atoms with Gasteiger partial charge >= 0.3 is 0 Å². The van der Waals surface area contributed by atoms with Crippen molar-refractivity contribution in [3.8, 4) is 73.4 Å². The van der Waals surface area contributed by atoms with Gasteiger partial charge < -0.3 is 4.57 Å². The van der Waals surface area contributed by atoms with Crippen LogP contribution < -0.4 is 0 Å². The van der Waals surface area contributed by atoms with Crippen LogP contribution in [0.3, 0.4) is 0 Å². The Hall–Kier alpha value is -8.54. The lowest BCUT2D eigenvalue weighted by Gasteiger charge is -2.12. The van der Waals surface area contributed by atoms with Crippen LogP contribution in [0, 0.1) is 0 Å². The van der Waals surface area contributed by atoms with Gasteiger partial charge in [-0.2, -0.15) is 0 Å². The fourth-order valence-electron chi connectivity index (χ4n) is 8.92. The zero-order valence-electron chi connectivity index (χ0n) is 34.1. The van der Waals surface area contributed by atoms with E-state index >= 15 is 0 Å². The predicted molar refractivity (Wildman–Crippen MR) is 260 cm³/mol. The van der Waals surface area contributed by atoms with Crippen molar-refractivity contribution in [1.82, 2.24) is 24.5 Å². The molecular weight excluding hydrogens is 767 g/mol. The maximum Gasteiger partial charge on any atom is 0.164 e. The summed E-state index contributed by atoms with van der Waals surface area (Å²) in [6.45, 7) is 0. The molecule has 0 saturated heterocycles. The normalized spacial score (nSPS) is 11.5. The summed E-state index contributed by atoms with van der Waals surface area (Å²) in [7, 11) is 0. The summed E-state index contributed by atoms with van der Waals surface area (Å²) in [5.41, 5.74) is 14.0. The molecule has 0 N–H and O–H groups in total. The first-order valence-electron chi connectivity index (χ1n) is 21.2. The van der Waals surface area contributed by atoms with Crippen molar-refractivity contribution >= 4 is 43.5 Å². The zero-order chi connectivity index (χ0) is 41.7. The fraction of sp³-hybridized carbons (Fsp3) is 0. The molecule has 0 fully saturated rings. The molecule has 0 atom stereocenters. The van der Waals surface area contributed by atoms with Crippen molar-refractivity contribution in [3.05, 3.63) is 224 Å². The number of fused-ring (bicyclic) bond motifs is 6. The maximum absolute atomic E-state index is 5.26. The Bertz CT molecular complexity index is 3570. The van der Waals surface area contributed by atoms with E-state index in [1.54, 1.807) is 0 Å². The number of aromatic nitrogens is 5. The van der Waals surface area contributed by atoms with Gasteiger partial charge in [0.1, 0.15) is 0 Å². The third kappa shape index (κ3) is 6.51. The van der Waals surface area contributed by atoms with E-state index in [4.69, 9.17) is 19.9 Å². The minimum atomic E-state index is 0.641. The third-order valence-corrected chi connectivity index (χ3v) is 12.0. The highest BCUT2D eigenvalue weighted by Crippen LogP contribution is 2.41. The molecule has 0 unspecified atom stereocenters. The van der Waals surface area contributed by atoms with Crippen LogP contribution in [0.1, 0.15) is 0 Å². The molecule has 9 aromatic carbocycles. The van der Waals surface area contributed by atoms with Crippen molar-refractivity contribution in [3.63, 3.8) is 0 Å². The largest absolute Gasteiger partial charge is 0.309 e. The van der Waals surface area contributed by atoms with Crippen LogP contribution in [0.5, 0.6) is 0 Å². The predicted octanol–water partition coefficient (Wildman–Crippen LogP) is 14.7. The molecule has 12 rings (SSSR count). The molecular formula is C58H37N5. The highest BCUT2D eigenvalue weighted by Gasteiger charge is 2.19. The van der Waals surface area contributed by atoms with E-state index in [0.717, 1.165) is 77.7 Å². The standard InChI is InChI=1S/C58H37N5/c1-5-15-41(16-6-1)55-51-36-50-49-35-45(33-34-53(49)63(46-21-11-4-12-22-46)54(50)37-48(51)47-23-13-14-24-52(47)59-55)40-27-25-38(26-28-40)39-29-31-44(32-30-39)58-61-56(42-17-7-2-8-18-42)60-57(62-58)43-19-9-3-10-20-43/h1-37H. The third-order valence-electron chi connectivity index (χ3n) is 12.0. The summed E-state index contributed by atoms with van der Waals surface area (Å²) in [4.78, 5) is 20.0. The summed E-state index contributed by atoms with van der Waals surface area (Å²) >= 11 is 0. The summed E-state index contributed by atoms with van der Waals surface area (Å²) < 4.78 is 2.40. The smallest absolute Gasteiger partial charge is 0.164 e. The molecule has 3 heterocycles. The Kier molecular flexibility index (Phi) is 8.75. The Labute approximate surface area is 364 Å². The Morgan fingerprint density at radius 2 is 0.698 bits per heavy atom. The van der Waals surface area contributed by atoms with Crippen molar-refractivity contribution < 1.29 is 0 Å². The molecule has 12 aromatic rings. The van der Waals surface area contributed by atoms with Crippen LogP contribution in [0.2, 0.25) is 0 Å². The molecule has 0 aliphatic rings. The van der Waals surface area contributed by atoms with Crippen LogP contribution in [0.15, 0.2) is 224 Å². The minimum absolute atomic E-state index is 0.641. The van der Waals surface area contributed by atoms with E-state index < -0.39 is 0 Å². The van der Waals surface area contributed by atoms with E-state index in [0.29, 0.717) is 17.5 Å². The molecule has 0 saturated carbocycles. The van der Waals surface area contributed by atoms with Crippen molar-refractivity contribution in [2.75, 3.05) is 0 Å². The quantitative estimate of drug-likeness (QED) is 0.151. The average Bonchev–Trinajstić information content (AvgIpc) is 3.69. The fourth-order valence-corrected chi connectivity index (χ4v) is 8.92. The van der Waals surface area contributed by atoms with Crippen molar-refractivity contribution in [1.29, 1.82) is 0 Å². The van der Waals surface area contributed by atoms with Crippen LogP contribution in [-0.2, 0) is 0 Å². The number of rotatable bonds is 7. The molecule has 294 valence electrons. The first-order valence-corrected chi connectivity index (χ1v) is 21.2. The highest BCUT2D eigenvalue weighted by molar-refractivity contribution is 6.20. The monoisotopic (exact) mass is 803 g/mol. The van der Waals surface area contributed by atoms with Gasteiger partial charge in [-0.05, 0) is 70.1 Å². The molecule has 0 aliphatic carbocycles. The number of benzene rings is 9. The zero-order valence-corrected chi connectivity index (χ0v) is 34.1. The summed E-state index contributed by atoms with van der Waals surface area (Å²) in [6, 6.07) is 78.9. The minimum Gasteiger partial charge on any atom is -0.309 e. The van der Waals surface area contributed by atoms with Crippen LogP contribution in [-0.4, -0.2) is 24.5 Å². The second kappa shape index (κ2) is 15.2. The lowest BCUT2D eigenvalue weighted by molar-refractivity contribution is 1.07. The Morgan fingerprint density at radius 3 is 1.29 bits per heavy atom. The van der Waals surface area contributed by atoms with E-state index in [9.17, 15) is 0 Å². The first kappa shape index (κ1) is 36.3. The van der Waals surface area contributed by atoms with Gasteiger partial charge in [0, 0.05) is 49.5 Å². The van der Waals surface area contributed by atoms with Crippen molar-refractivity contribution in [2.45, 2.75) is 0 Å². The second-order valence-electron chi connectivity index (χ2n) is 15.9. The van der Waals surface area contributed by atoms with Gasteiger partial charge in [-0.15, -0.1) is 0 Å². The van der Waals surface area contributed by atoms with Gasteiger partial charge in [0.05, 0.1) is 22.2 Å². The number of para-hydroxylation sites is 2. The maximum atomic E-state index is 5.26. The molecule has 0 bridgehead atoms.